The first-order valence-electron chi connectivity index (χ1n) is 7.06. The third kappa shape index (κ3) is 4.66. The summed E-state index contributed by atoms with van der Waals surface area (Å²) in [7, 11) is 0. The third-order valence-corrected chi connectivity index (χ3v) is 3.79. The van der Waals surface area contributed by atoms with Crippen LogP contribution in [-0.4, -0.2) is 16.8 Å². The SMILES string of the molecule is Cc1nc(CC(=O)Nc2ccc(NC(=O)C(C)C)cc2)cs1. The Morgan fingerprint density at radius 3 is 2.23 bits per heavy atom. The van der Waals surface area contributed by atoms with E-state index < -0.39 is 0 Å². The number of anilines is 2. The van der Waals surface area contributed by atoms with E-state index in [9.17, 15) is 9.59 Å². The lowest BCUT2D eigenvalue weighted by Crippen LogP contribution is -2.18. The Balaban J connectivity index is 1.90. The Bertz CT molecular complexity index is 662. The number of hydrogen-bond donors (Lipinski definition) is 2. The van der Waals surface area contributed by atoms with Crippen molar-refractivity contribution in [1.29, 1.82) is 0 Å². The molecule has 0 atom stereocenters. The molecule has 0 fully saturated rings. The normalized spacial score (nSPS) is 10.5. The van der Waals surface area contributed by atoms with Crippen molar-refractivity contribution in [2.24, 2.45) is 5.92 Å². The molecule has 0 unspecified atom stereocenters. The standard InChI is InChI=1S/C16H19N3O2S/c1-10(2)16(21)19-13-6-4-12(5-7-13)18-15(20)8-14-9-22-11(3)17-14/h4-7,9-10H,8H2,1-3H3,(H,18,20)(H,19,21). The zero-order valence-corrected chi connectivity index (χ0v) is 13.7. The summed E-state index contributed by atoms with van der Waals surface area (Å²) in [5.41, 5.74) is 2.19. The number of thiazole rings is 1. The quantitative estimate of drug-likeness (QED) is 0.889. The first-order chi connectivity index (χ1) is 10.4. The molecular weight excluding hydrogens is 298 g/mol. The Morgan fingerprint density at radius 2 is 1.73 bits per heavy atom. The maximum atomic E-state index is 11.9. The van der Waals surface area contributed by atoms with Crippen molar-refractivity contribution in [2.75, 3.05) is 10.6 Å². The maximum absolute atomic E-state index is 11.9. The summed E-state index contributed by atoms with van der Waals surface area (Å²) in [6.45, 7) is 5.59. The number of benzene rings is 1. The molecule has 0 radical (unpaired) electrons. The summed E-state index contributed by atoms with van der Waals surface area (Å²) in [6.07, 6.45) is 0.260. The van der Waals surface area contributed by atoms with Crippen molar-refractivity contribution in [3.05, 3.63) is 40.3 Å². The van der Waals surface area contributed by atoms with Gasteiger partial charge in [0, 0.05) is 22.7 Å². The van der Waals surface area contributed by atoms with Crippen LogP contribution in [-0.2, 0) is 16.0 Å². The van der Waals surface area contributed by atoms with Gasteiger partial charge in [0.2, 0.25) is 11.8 Å². The molecule has 22 heavy (non-hydrogen) atoms. The van der Waals surface area contributed by atoms with Crippen LogP contribution in [0.3, 0.4) is 0 Å². The van der Waals surface area contributed by atoms with Crippen molar-refractivity contribution in [3.8, 4) is 0 Å². The van der Waals surface area contributed by atoms with Crippen molar-refractivity contribution >= 4 is 34.5 Å². The molecule has 0 aliphatic heterocycles. The van der Waals surface area contributed by atoms with E-state index in [1.165, 1.54) is 11.3 Å². The van der Waals surface area contributed by atoms with Crippen LogP contribution >= 0.6 is 11.3 Å². The number of rotatable bonds is 5. The molecule has 2 aromatic rings. The van der Waals surface area contributed by atoms with Crippen LogP contribution in [0.5, 0.6) is 0 Å². The molecule has 2 rings (SSSR count). The number of hydrogen-bond acceptors (Lipinski definition) is 4. The second-order valence-electron chi connectivity index (χ2n) is 5.30. The van der Waals surface area contributed by atoms with Gasteiger partial charge in [-0.2, -0.15) is 0 Å². The largest absolute Gasteiger partial charge is 0.326 e. The van der Waals surface area contributed by atoms with E-state index in [1.807, 2.05) is 26.2 Å². The second kappa shape index (κ2) is 7.17. The number of carbonyl (C=O) groups excluding carboxylic acids is 2. The molecule has 1 heterocycles. The van der Waals surface area contributed by atoms with Gasteiger partial charge in [0.1, 0.15) is 0 Å². The highest BCUT2D eigenvalue weighted by molar-refractivity contribution is 7.09. The van der Waals surface area contributed by atoms with Gasteiger partial charge in [-0.05, 0) is 31.2 Å². The predicted molar refractivity (Wildman–Crippen MR) is 89.1 cm³/mol. The lowest BCUT2D eigenvalue weighted by atomic mass is 10.2. The number of aryl methyl sites for hydroxylation is 1. The van der Waals surface area contributed by atoms with E-state index in [2.05, 4.69) is 15.6 Å². The lowest BCUT2D eigenvalue weighted by molar-refractivity contribution is -0.119. The van der Waals surface area contributed by atoms with Gasteiger partial charge in [-0.25, -0.2) is 4.98 Å². The summed E-state index contributed by atoms with van der Waals surface area (Å²) >= 11 is 1.53. The van der Waals surface area contributed by atoms with E-state index in [0.29, 0.717) is 11.4 Å². The van der Waals surface area contributed by atoms with Crippen LogP contribution in [0.1, 0.15) is 24.5 Å². The van der Waals surface area contributed by atoms with Gasteiger partial charge in [0.05, 0.1) is 17.1 Å². The van der Waals surface area contributed by atoms with E-state index in [0.717, 1.165) is 10.7 Å². The highest BCUT2D eigenvalue weighted by Crippen LogP contribution is 2.15. The summed E-state index contributed by atoms with van der Waals surface area (Å²) in [6, 6.07) is 7.06. The molecule has 0 saturated carbocycles. The molecule has 1 aromatic heterocycles. The highest BCUT2D eigenvalue weighted by Gasteiger charge is 2.08. The summed E-state index contributed by atoms with van der Waals surface area (Å²) < 4.78 is 0. The zero-order valence-electron chi connectivity index (χ0n) is 12.8. The van der Waals surface area contributed by atoms with Crippen LogP contribution in [0, 0.1) is 12.8 Å². The Hall–Kier alpha value is -2.21. The monoisotopic (exact) mass is 317 g/mol. The molecule has 0 bridgehead atoms. The van der Waals surface area contributed by atoms with Crippen LogP contribution in [0.4, 0.5) is 11.4 Å². The average molecular weight is 317 g/mol. The molecule has 2 N–H and O–H groups in total. The van der Waals surface area contributed by atoms with E-state index in [-0.39, 0.29) is 24.2 Å². The molecule has 6 heteroatoms. The molecule has 0 aliphatic rings. The minimum Gasteiger partial charge on any atom is -0.326 e. The Labute approximate surface area is 133 Å². The zero-order chi connectivity index (χ0) is 16.1. The van der Waals surface area contributed by atoms with E-state index in [1.54, 1.807) is 24.3 Å². The maximum Gasteiger partial charge on any atom is 0.230 e. The Kier molecular flexibility index (Phi) is 5.27. The first-order valence-corrected chi connectivity index (χ1v) is 7.94. The molecule has 116 valence electrons. The minimum absolute atomic E-state index is 0.0318. The number of nitrogens with one attached hydrogen (secondary N) is 2. The van der Waals surface area contributed by atoms with Gasteiger partial charge in [0.25, 0.3) is 0 Å². The molecule has 1 aromatic carbocycles. The lowest BCUT2D eigenvalue weighted by Gasteiger charge is -2.09. The summed E-state index contributed by atoms with van der Waals surface area (Å²) in [5, 5.41) is 8.46. The number of nitrogens with zero attached hydrogens (tertiary/aromatic N) is 1. The van der Waals surface area contributed by atoms with Gasteiger partial charge < -0.3 is 10.6 Å². The fourth-order valence-corrected chi connectivity index (χ4v) is 2.40. The number of amides is 2. The molecule has 0 saturated heterocycles. The topological polar surface area (TPSA) is 71.1 Å². The van der Waals surface area contributed by atoms with Gasteiger partial charge in [-0.1, -0.05) is 13.8 Å². The van der Waals surface area contributed by atoms with Crippen molar-refractivity contribution in [3.63, 3.8) is 0 Å². The van der Waals surface area contributed by atoms with Crippen molar-refractivity contribution in [2.45, 2.75) is 27.2 Å². The first kappa shape index (κ1) is 16.2. The fourth-order valence-electron chi connectivity index (χ4n) is 1.78. The van der Waals surface area contributed by atoms with Gasteiger partial charge in [-0.15, -0.1) is 11.3 Å². The summed E-state index contributed by atoms with van der Waals surface area (Å²) in [4.78, 5) is 27.8. The van der Waals surface area contributed by atoms with Crippen LogP contribution in [0.2, 0.25) is 0 Å². The number of aromatic nitrogens is 1. The second-order valence-corrected chi connectivity index (χ2v) is 6.37. The average Bonchev–Trinajstić information content (AvgIpc) is 2.86. The fraction of sp³-hybridized carbons (Fsp3) is 0.312. The minimum atomic E-state index is -0.107. The number of carbonyl (C=O) groups is 2. The van der Waals surface area contributed by atoms with E-state index in [4.69, 9.17) is 0 Å². The summed E-state index contributed by atoms with van der Waals surface area (Å²) in [5.74, 6) is -0.207. The van der Waals surface area contributed by atoms with Crippen LogP contribution in [0.25, 0.3) is 0 Å². The van der Waals surface area contributed by atoms with Crippen molar-refractivity contribution in [1.82, 2.24) is 4.98 Å². The van der Waals surface area contributed by atoms with Gasteiger partial charge >= 0.3 is 0 Å². The predicted octanol–water partition coefficient (Wildman–Crippen LogP) is 3.23. The van der Waals surface area contributed by atoms with Crippen LogP contribution in [0.15, 0.2) is 29.6 Å². The Morgan fingerprint density at radius 1 is 1.14 bits per heavy atom. The van der Waals surface area contributed by atoms with Gasteiger partial charge in [-0.3, -0.25) is 9.59 Å². The van der Waals surface area contributed by atoms with E-state index >= 15 is 0 Å². The third-order valence-electron chi connectivity index (χ3n) is 2.97. The van der Waals surface area contributed by atoms with Crippen molar-refractivity contribution < 1.29 is 9.59 Å². The molecular formula is C16H19N3O2S. The molecule has 0 aliphatic carbocycles. The smallest absolute Gasteiger partial charge is 0.230 e. The van der Waals surface area contributed by atoms with Gasteiger partial charge in [0.15, 0.2) is 0 Å². The molecule has 2 amide bonds. The molecule has 5 nitrogen and oxygen atoms in total. The molecule has 0 spiro atoms. The van der Waals surface area contributed by atoms with Crippen LogP contribution < -0.4 is 10.6 Å². The highest BCUT2D eigenvalue weighted by atomic mass is 32.1.